The minimum absolute atomic E-state index is 0.392. The highest BCUT2D eigenvalue weighted by atomic mass is 32.2. The van der Waals surface area contributed by atoms with Gasteiger partial charge < -0.3 is 4.55 Å². The number of rotatable bonds is 2. The summed E-state index contributed by atoms with van der Waals surface area (Å²) in [6, 6.07) is 1.89. The maximum atomic E-state index is 12.9. The van der Waals surface area contributed by atoms with Gasteiger partial charge >= 0.3 is 6.18 Å². The number of hydrogen-bond donors (Lipinski definition) is 0. The van der Waals surface area contributed by atoms with Gasteiger partial charge in [-0.15, -0.1) is 0 Å². The van der Waals surface area contributed by atoms with Crippen LogP contribution in [0.15, 0.2) is 23.1 Å². The van der Waals surface area contributed by atoms with Gasteiger partial charge in [0.1, 0.15) is 5.82 Å². The van der Waals surface area contributed by atoms with Gasteiger partial charge in [0, 0.05) is 6.07 Å². The first-order valence-electron chi connectivity index (χ1n) is 3.70. The number of benzene rings is 1. The van der Waals surface area contributed by atoms with Crippen LogP contribution < -0.4 is 0 Å². The molecule has 1 nitrogen and oxygen atoms in total. The van der Waals surface area contributed by atoms with Crippen molar-refractivity contribution in [2.75, 3.05) is 5.75 Å². The van der Waals surface area contributed by atoms with E-state index < -0.39 is 39.6 Å². The number of halogens is 5. The van der Waals surface area contributed by atoms with Gasteiger partial charge in [0.25, 0.3) is 0 Å². The molecule has 0 saturated heterocycles. The maximum absolute atomic E-state index is 12.9. The molecule has 7 heteroatoms. The fourth-order valence-corrected chi connectivity index (χ4v) is 1.84. The van der Waals surface area contributed by atoms with Gasteiger partial charge in [0.2, 0.25) is 5.75 Å². The van der Waals surface area contributed by atoms with Crippen molar-refractivity contribution in [3.05, 3.63) is 29.8 Å². The molecule has 1 aromatic carbocycles. The third-order valence-electron chi connectivity index (χ3n) is 1.43. The van der Waals surface area contributed by atoms with Crippen LogP contribution in [0.25, 0.3) is 0 Å². The molecule has 0 aliphatic carbocycles. The lowest BCUT2D eigenvalue weighted by Gasteiger charge is -2.12. The molecule has 84 valence electrons. The van der Waals surface area contributed by atoms with Crippen molar-refractivity contribution < 1.29 is 26.5 Å². The second-order valence-corrected chi connectivity index (χ2v) is 4.10. The number of hydrogen-bond acceptors (Lipinski definition) is 1. The zero-order chi connectivity index (χ0) is 11.6. The quantitative estimate of drug-likeness (QED) is 0.579. The minimum atomic E-state index is -4.65. The van der Waals surface area contributed by atoms with Crippen molar-refractivity contribution in [2.45, 2.75) is 11.1 Å². The molecule has 1 atom stereocenters. The molecule has 1 rings (SSSR count). The van der Waals surface area contributed by atoms with E-state index in [1.807, 2.05) is 0 Å². The van der Waals surface area contributed by atoms with E-state index >= 15 is 0 Å². The summed E-state index contributed by atoms with van der Waals surface area (Å²) in [5, 5.41) is 0. The Bertz CT molecular complexity index is 351. The van der Waals surface area contributed by atoms with Crippen LogP contribution in [0.1, 0.15) is 0 Å². The van der Waals surface area contributed by atoms with E-state index in [-0.39, 0.29) is 0 Å². The van der Waals surface area contributed by atoms with Crippen LogP contribution in [0.5, 0.6) is 0 Å². The third kappa shape index (κ3) is 3.67. The van der Waals surface area contributed by atoms with Gasteiger partial charge in [0.15, 0.2) is 10.7 Å². The van der Waals surface area contributed by atoms with Gasteiger partial charge in [-0.1, -0.05) is 0 Å². The third-order valence-corrected chi connectivity index (χ3v) is 2.85. The van der Waals surface area contributed by atoms with Crippen molar-refractivity contribution in [2.24, 2.45) is 0 Å². The molecule has 0 aromatic heterocycles. The summed E-state index contributed by atoms with van der Waals surface area (Å²) in [6.45, 7) is 0. The molecule has 0 aliphatic heterocycles. The fraction of sp³-hybridized carbons (Fsp3) is 0.250. The van der Waals surface area contributed by atoms with Crippen LogP contribution in [0.3, 0.4) is 0 Å². The first-order valence-corrected chi connectivity index (χ1v) is 5.01. The van der Waals surface area contributed by atoms with Crippen LogP contribution in [0.4, 0.5) is 22.0 Å². The van der Waals surface area contributed by atoms with E-state index in [1.54, 1.807) is 0 Å². The molecule has 0 aliphatic rings. The summed E-state index contributed by atoms with van der Waals surface area (Å²) in [5.74, 6) is -3.81. The number of alkyl halides is 3. The highest BCUT2D eigenvalue weighted by Crippen LogP contribution is 2.24. The van der Waals surface area contributed by atoms with E-state index in [0.717, 1.165) is 12.1 Å². The molecule has 1 unspecified atom stereocenters. The van der Waals surface area contributed by atoms with E-state index in [1.165, 1.54) is 0 Å². The smallest absolute Gasteiger partial charge is 0.433 e. The highest BCUT2D eigenvalue weighted by molar-refractivity contribution is 7.91. The predicted octanol–water partition coefficient (Wildman–Crippen LogP) is 2.63. The Hall–Kier alpha value is -0.820. The second-order valence-electron chi connectivity index (χ2n) is 2.68. The van der Waals surface area contributed by atoms with Gasteiger partial charge in [-0.25, -0.2) is 8.78 Å². The van der Waals surface area contributed by atoms with Crippen molar-refractivity contribution >= 4 is 11.2 Å². The van der Waals surface area contributed by atoms with Crippen molar-refractivity contribution in [1.82, 2.24) is 0 Å². The first-order chi connectivity index (χ1) is 6.79. The predicted molar refractivity (Wildman–Crippen MR) is 43.7 cm³/mol. The van der Waals surface area contributed by atoms with Crippen molar-refractivity contribution in [3.8, 4) is 0 Å². The van der Waals surface area contributed by atoms with Gasteiger partial charge in [-0.2, -0.15) is 13.2 Å². The van der Waals surface area contributed by atoms with Crippen LogP contribution in [0, 0.1) is 11.6 Å². The summed E-state index contributed by atoms with van der Waals surface area (Å²) in [7, 11) is 0. The highest BCUT2D eigenvalue weighted by Gasteiger charge is 2.36. The summed E-state index contributed by atoms with van der Waals surface area (Å²) in [6.07, 6.45) is -4.65. The first kappa shape index (κ1) is 12.3. The molecule has 0 bridgehead atoms. The molecule has 1 aromatic rings. The van der Waals surface area contributed by atoms with Crippen LogP contribution >= 0.6 is 0 Å². The van der Waals surface area contributed by atoms with Gasteiger partial charge in [-0.05, 0) is 23.3 Å². The van der Waals surface area contributed by atoms with E-state index in [2.05, 4.69) is 0 Å². The van der Waals surface area contributed by atoms with Crippen molar-refractivity contribution in [1.29, 1.82) is 0 Å². The molecule has 0 fully saturated rings. The van der Waals surface area contributed by atoms with Crippen LogP contribution in [-0.2, 0) is 11.2 Å². The molecule has 0 amide bonds. The zero-order valence-corrected chi connectivity index (χ0v) is 7.96. The summed E-state index contributed by atoms with van der Waals surface area (Å²) in [5.41, 5.74) is 0. The molecule has 0 spiro atoms. The minimum Gasteiger partial charge on any atom is -0.611 e. The average Bonchev–Trinajstić information content (AvgIpc) is 1.99. The summed E-state index contributed by atoms with van der Waals surface area (Å²) in [4.78, 5) is -0.645. The van der Waals surface area contributed by atoms with Gasteiger partial charge in [-0.3, -0.25) is 0 Å². The Kier molecular flexibility index (Phi) is 3.56. The fourth-order valence-electron chi connectivity index (χ4n) is 0.886. The lowest BCUT2D eigenvalue weighted by Crippen LogP contribution is -2.23. The SMILES string of the molecule is [O-][S+](CC(F)(F)F)c1ccc(F)cc1F. The van der Waals surface area contributed by atoms with Crippen LogP contribution in [-0.4, -0.2) is 16.5 Å². The Morgan fingerprint density at radius 3 is 2.27 bits per heavy atom. The Morgan fingerprint density at radius 2 is 1.80 bits per heavy atom. The van der Waals surface area contributed by atoms with E-state index in [0.29, 0.717) is 6.07 Å². The molecule has 0 saturated carbocycles. The summed E-state index contributed by atoms with van der Waals surface area (Å²) < 4.78 is 71.7. The second kappa shape index (κ2) is 4.36. The lowest BCUT2D eigenvalue weighted by atomic mass is 10.3. The molecule has 15 heavy (non-hydrogen) atoms. The van der Waals surface area contributed by atoms with Crippen molar-refractivity contribution in [3.63, 3.8) is 0 Å². The Morgan fingerprint density at radius 1 is 1.20 bits per heavy atom. The van der Waals surface area contributed by atoms with Crippen LogP contribution in [0.2, 0.25) is 0 Å². The molecule has 0 N–H and O–H groups in total. The van der Waals surface area contributed by atoms with E-state index in [9.17, 15) is 26.5 Å². The standard InChI is InChI=1S/C8H5F5OS/c9-5-1-2-7(6(10)3-5)15(14)4-8(11,12)13/h1-3H,4H2. The molecule has 0 heterocycles. The zero-order valence-electron chi connectivity index (χ0n) is 7.15. The molecule has 0 radical (unpaired) electrons. The summed E-state index contributed by atoms with van der Waals surface area (Å²) >= 11 is -2.54. The molecular weight excluding hydrogens is 239 g/mol. The van der Waals surface area contributed by atoms with E-state index in [4.69, 9.17) is 0 Å². The average molecular weight is 244 g/mol. The monoisotopic (exact) mass is 244 g/mol. The van der Waals surface area contributed by atoms with Gasteiger partial charge in [0.05, 0.1) is 0 Å². The largest absolute Gasteiger partial charge is 0.611 e. The molecular formula is C8H5F5OS. The maximum Gasteiger partial charge on any atom is 0.433 e. The Balaban J connectivity index is 2.87. The topological polar surface area (TPSA) is 23.1 Å². The Labute approximate surface area is 85.1 Å². The lowest BCUT2D eigenvalue weighted by molar-refractivity contribution is -0.106. The normalized spacial score (nSPS) is 14.0.